The molecule has 8 heteroatoms. The second-order valence-corrected chi connectivity index (χ2v) is 9.63. The van der Waals surface area contributed by atoms with Crippen molar-refractivity contribution in [2.24, 2.45) is 0 Å². The monoisotopic (exact) mass is 441 g/mol. The molecule has 0 saturated heterocycles. The Morgan fingerprint density at radius 3 is 2.45 bits per heavy atom. The van der Waals surface area contributed by atoms with Crippen molar-refractivity contribution in [3.8, 4) is 5.75 Å². The summed E-state index contributed by atoms with van der Waals surface area (Å²) in [6, 6.07) is 8.64. The summed E-state index contributed by atoms with van der Waals surface area (Å²) in [6.45, 7) is 5.08. The van der Waals surface area contributed by atoms with E-state index in [0.29, 0.717) is 29.4 Å². The highest BCUT2D eigenvalue weighted by Crippen LogP contribution is 2.35. The molecule has 4 rings (SSSR count). The van der Waals surface area contributed by atoms with E-state index in [9.17, 15) is 18.0 Å². The molecule has 2 aromatic carbocycles. The summed E-state index contributed by atoms with van der Waals surface area (Å²) in [5, 5.41) is 0.597. The number of benzene rings is 2. The number of rotatable bonds is 5. The minimum Gasteiger partial charge on any atom is -0.425 e. The zero-order valence-corrected chi connectivity index (χ0v) is 18.3. The van der Waals surface area contributed by atoms with Crippen LogP contribution in [0.2, 0.25) is 0 Å². The van der Waals surface area contributed by atoms with Crippen LogP contribution in [0.15, 0.2) is 50.5 Å². The Morgan fingerprint density at radius 2 is 1.74 bits per heavy atom. The van der Waals surface area contributed by atoms with Crippen molar-refractivity contribution in [3.05, 3.63) is 69.1 Å². The van der Waals surface area contributed by atoms with Crippen LogP contribution in [0.4, 0.5) is 0 Å². The van der Waals surface area contributed by atoms with E-state index >= 15 is 0 Å². The van der Waals surface area contributed by atoms with E-state index in [-0.39, 0.29) is 16.3 Å². The highest BCUT2D eigenvalue weighted by Gasteiger charge is 2.27. The van der Waals surface area contributed by atoms with E-state index in [2.05, 4.69) is 4.72 Å². The minimum absolute atomic E-state index is 0.0679. The van der Waals surface area contributed by atoms with Gasteiger partial charge in [-0.15, -0.1) is 0 Å². The number of sulfonamides is 1. The zero-order valence-electron chi connectivity index (χ0n) is 17.5. The molecule has 1 aliphatic carbocycles. The van der Waals surface area contributed by atoms with Crippen molar-refractivity contribution in [1.29, 1.82) is 0 Å². The molecule has 1 aliphatic rings. The van der Waals surface area contributed by atoms with Crippen LogP contribution in [-0.2, 0) is 27.7 Å². The minimum atomic E-state index is -3.89. The number of nitrogens with one attached hydrogen (secondary N) is 1. The predicted molar refractivity (Wildman–Crippen MR) is 116 cm³/mol. The maximum Gasteiger partial charge on any atom is 0.339 e. The highest BCUT2D eigenvalue weighted by molar-refractivity contribution is 7.89. The van der Waals surface area contributed by atoms with Gasteiger partial charge in [-0.1, -0.05) is 17.7 Å². The molecule has 0 fully saturated rings. The fourth-order valence-corrected chi connectivity index (χ4v) is 5.04. The first-order valence-corrected chi connectivity index (χ1v) is 11.5. The average Bonchev–Trinajstić information content (AvgIpc) is 3.18. The highest BCUT2D eigenvalue weighted by atomic mass is 32.2. The molecular weight excluding hydrogens is 418 g/mol. The Morgan fingerprint density at radius 1 is 1.06 bits per heavy atom. The molecule has 0 bridgehead atoms. The van der Waals surface area contributed by atoms with Crippen LogP contribution in [0, 0.1) is 13.8 Å². The lowest BCUT2D eigenvalue weighted by atomic mass is 10.0. The lowest BCUT2D eigenvalue weighted by Crippen LogP contribution is -2.40. The van der Waals surface area contributed by atoms with Crippen molar-refractivity contribution in [2.75, 3.05) is 0 Å². The van der Waals surface area contributed by atoms with Crippen molar-refractivity contribution in [3.63, 3.8) is 0 Å². The lowest BCUT2D eigenvalue weighted by molar-refractivity contribution is -0.135. The van der Waals surface area contributed by atoms with Gasteiger partial charge in [0, 0.05) is 5.56 Å². The molecule has 1 unspecified atom stereocenters. The molecule has 1 aromatic heterocycles. The van der Waals surface area contributed by atoms with Crippen molar-refractivity contribution < 1.29 is 22.4 Å². The van der Waals surface area contributed by atoms with Gasteiger partial charge >= 0.3 is 11.6 Å². The molecule has 0 saturated carbocycles. The molecule has 1 N–H and O–H groups in total. The number of esters is 1. The largest absolute Gasteiger partial charge is 0.425 e. The molecule has 0 amide bonds. The first kappa shape index (κ1) is 21.3. The Hall–Kier alpha value is -2.97. The second-order valence-electron chi connectivity index (χ2n) is 7.91. The fourth-order valence-electron chi connectivity index (χ4n) is 3.85. The molecule has 0 aliphatic heterocycles. The number of fused-ring (bicyclic) bond motifs is 3. The number of hydrogen-bond acceptors (Lipinski definition) is 6. The molecule has 3 aromatic rings. The Kier molecular flexibility index (Phi) is 5.45. The van der Waals surface area contributed by atoms with Crippen LogP contribution in [0.1, 0.15) is 35.6 Å². The Labute approximate surface area is 180 Å². The molecular formula is C23H23NO6S. The molecule has 1 heterocycles. The summed E-state index contributed by atoms with van der Waals surface area (Å²) in [6.07, 6.45) is 2.15. The Bertz CT molecular complexity index is 1340. The summed E-state index contributed by atoms with van der Waals surface area (Å²) in [5.41, 5.74) is 3.13. The number of hydrogen-bond donors (Lipinski definition) is 1. The van der Waals surface area contributed by atoms with E-state index in [4.69, 9.17) is 9.15 Å². The SMILES string of the molecule is Cc1ccc(S(=O)(=O)NC(C)C(=O)Oc2cc(C)cc3oc(=O)c4c(c23)CCC4)cc1. The first-order chi connectivity index (χ1) is 14.7. The summed E-state index contributed by atoms with van der Waals surface area (Å²) < 4.78 is 38.6. The standard InChI is InChI=1S/C23H23NO6S/c1-13-7-9-16(10-8-13)31(27,28)24-15(3)22(25)29-19-11-14(2)12-20-21(19)17-5-4-6-18(17)23(26)30-20/h7-12,15,24H,4-6H2,1-3H3. The maximum absolute atomic E-state index is 12.8. The van der Waals surface area contributed by atoms with Gasteiger partial charge in [0.1, 0.15) is 17.4 Å². The average molecular weight is 442 g/mol. The number of carbonyl (C=O) groups excluding carboxylic acids is 1. The smallest absolute Gasteiger partial charge is 0.339 e. The van der Waals surface area contributed by atoms with Crippen LogP contribution in [0.5, 0.6) is 5.75 Å². The van der Waals surface area contributed by atoms with E-state index in [0.717, 1.165) is 23.1 Å². The van der Waals surface area contributed by atoms with Gasteiger partial charge in [0.15, 0.2) is 0 Å². The third kappa shape index (κ3) is 4.13. The zero-order chi connectivity index (χ0) is 22.3. The molecule has 7 nitrogen and oxygen atoms in total. The van der Waals surface area contributed by atoms with Gasteiger partial charge in [-0.2, -0.15) is 4.72 Å². The number of aryl methyl sites for hydroxylation is 3. The summed E-state index contributed by atoms with van der Waals surface area (Å²) in [7, 11) is -3.89. The summed E-state index contributed by atoms with van der Waals surface area (Å²) in [4.78, 5) is 25.1. The Balaban J connectivity index is 1.63. The number of ether oxygens (including phenoxy) is 1. The maximum atomic E-state index is 12.8. The normalized spacial score (nSPS) is 14.4. The number of carbonyl (C=O) groups is 1. The van der Waals surface area contributed by atoms with Gasteiger partial charge < -0.3 is 9.15 Å². The third-order valence-electron chi connectivity index (χ3n) is 5.41. The van der Waals surface area contributed by atoms with Gasteiger partial charge in [0.25, 0.3) is 0 Å². The molecule has 0 radical (unpaired) electrons. The first-order valence-electron chi connectivity index (χ1n) is 10.1. The van der Waals surface area contributed by atoms with Crippen LogP contribution >= 0.6 is 0 Å². The van der Waals surface area contributed by atoms with Gasteiger partial charge in [-0.25, -0.2) is 18.0 Å². The molecule has 162 valence electrons. The third-order valence-corrected chi connectivity index (χ3v) is 6.96. The van der Waals surface area contributed by atoms with Crippen LogP contribution < -0.4 is 15.1 Å². The molecule has 0 spiro atoms. The predicted octanol–water partition coefficient (Wildman–Crippen LogP) is 3.17. The van der Waals surface area contributed by atoms with Crippen molar-refractivity contribution in [2.45, 2.75) is 51.0 Å². The summed E-state index contributed by atoms with van der Waals surface area (Å²) in [5.74, 6) is -0.483. The molecule has 31 heavy (non-hydrogen) atoms. The van der Waals surface area contributed by atoms with Crippen molar-refractivity contribution in [1.82, 2.24) is 4.72 Å². The van der Waals surface area contributed by atoms with Crippen LogP contribution in [-0.4, -0.2) is 20.4 Å². The molecule has 1 atom stereocenters. The van der Waals surface area contributed by atoms with Crippen LogP contribution in [0.25, 0.3) is 11.0 Å². The van der Waals surface area contributed by atoms with Crippen LogP contribution in [0.3, 0.4) is 0 Å². The van der Waals surface area contributed by atoms with Gasteiger partial charge in [-0.3, -0.25) is 0 Å². The van der Waals surface area contributed by atoms with Gasteiger partial charge in [-0.05, 0) is 75.4 Å². The van der Waals surface area contributed by atoms with E-state index in [1.807, 2.05) is 6.92 Å². The van der Waals surface area contributed by atoms with Crippen molar-refractivity contribution >= 4 is 27.0 Å². The van der Waals surface area contributed by atoms with E-state index in [1.54, 1.807) is 31.2 Å². The van der Waals surface area contributed by atoms with E-state index < -0.39 is 22.0 Å². The van der Waals surface area contributed by atoms with E-state index in [1.165, 1.54) is 19.1 Å². The summed E-state index contributed by atoms with van der Waals surface area (Å²) >= 11 is 0. The topological polar surface area (TPSA) is 103 Å². The van der Waals surface area contributed by atoms with Gasteiger partial charge in [0.2, 0.25) is 10.0 Å². The second kappa shape index (κ2) is 7.94. The fraction of sp³-hybridized carbons (Fsp3) is 0.304. The van der Waals surface area contributed by atoms with Gasteiger partial charge in [0.05, 0.1) is 10.3 Å². The lowest BCUT2D eigenvalue weighted by Gasteiger charge is -2.16. The quantitative estimate of drug-likeness (QED) is 0.371.